The van der Waals surface area contributed by atoms with Gasteiger partial charge in [-0.25, -0.2) is 4.68 Å². The number of hydrogen-bond acceptors (Lipinski definition) is 5. The van der Waals surface area contributed by atoms with E-state index in [9.17, 15) is 0 Å². The van der Waals surface area contributed by atoms with Crippen LogP contribution in [-0.2, 0) is 11.3 Å². The summed E-state index contributed by atoms with van der Waals surface area (Å²) in [7, 11) is 1.69. The second kappa shape index (κ2) is 5.22. The summed E-state index contributed by atoms with van der Waals surface area (Å²) in [6, 6.07) is 8.42. The largest absolute Gasteiger partial charge is 0.373 e. The number of fused-ring (bicyclic) bond motifs is 1. The number of methoxy groups -OCH3 is 1. The summed E-state index contributed by atoms with van der Waals surface area (Å²) in [5, 5.41) is 4.33. The molecule has 0 amide bonds. The third-order valence-electron chi connectivity index (χ3n) is 3.82. The molecule has 2 heterocycles. The first-order chi connectivity index (χ1) is 9.72. The van der Waals surface area contributed by atoms with Crippen molar-refractivity contribution in [3.63, 3.8) is 0 Å². The van der Waals surface area contributed by atoms with Gasteiger partial charge in [-0.15, -0.1) is 5.10 Å². The van der Waals surface area contributed by atoms with Gasteiger partial charge < -0.3 is 16.2 Å². The topological polar surface area (TPSA) is 92.0 Å². The Bertz CT molecular complexity index is 609. The Morgan fingerprint density at radius 3 is 3.00 bits per heavy atom. The van der Waals surface area contributed by atoms with Gasteiger partial charge in [-0.1, -0.05) is 24.3 Å². The SMILES string of the molecule is COC1CCC(c2cccc(CN)c2)n2nc(N)nc21. The van der Waals surface area contributed by atoms with Crippen LogP contribution in [0.1, 0.15) is 41.9 Å². The average Bonchev–Trinajstić information content (AvgIpc) is 2.87. The van der Waals surface area contributed by atoms with Crippen molar-refractivity contribution < 1.29 is 4.74 Å². The molecule has 6 nitrogen and oxygen atoms in total. The van der Waals surface area contributed by atoms with E-state index in [2.05, 4.69) is 22.2 Å². The molecule has 2 atom stereocenters. The van der Waals surface area contributed by atoms with Crippen LogP contribution < -0.4 is 11.5 Å². The van der Waals surface area contributed by atoms with Gasteiger partial charge >= 0.3 is 0 Å². The van der Waals surface area contributed by atoms with Crippen molar-refractivity contribution in [3.05, 3.63) is 41.2 Å². The summed E-state index contributed by atoms with van der Waals surface area (Å²) >= 11 is 0. The van der Waals surface area contributed by atoms with Crippen LogP contribution in [0.5, 0.6) is 0 Å². The molecule has 1 aliphatic rings. The first-order valence-corrected chi connectivity index (χ1v) is 6.76. The van der Waals surface area contributed by atoms with Crippen LogP contribution in [0.25, 0.3) is 0 Å². The second-order valence-corrected chi connectivity index (χ2v) is 5.04. The second-order valence-electron chi connectivity index (χ2n) is 5.04. The molecule has 0 aliphatic carbocycles. The summed E-state index contributed by atoms with van der Waals surface area (Å²) in [4.78, 5) is 4.30. The van der Waals surface area contributed by atoms with Crippen molar-refractivity contribution >= 4 is 5.95 Å². The number of nitrogens with zero attached hydrogens (tertiary/aromatic N) is 3. The number of aromatic nitrogens is 3. The number of hydrogen-bond donors (Lipinski definition) is 2. The van der Waals surface area contributed by atoms with Crippen LogP contribution in [0.4, 0.5) is 5.95 Å². The van der Waals surface area contributed by atoms with Gasteiger partial charge in [0.1, 0.15) is 6.10 Å². The fourth-order valence-corrected chi connectivity index (χ4v) is 2.82. The quantitative estimate of drug-likeness (QED) is 0.881. The van der Waals surface area contributed by atoms with E-state index in [-0.39, 0.29) is 12.1 Å². The van der Waals surface area contributed by atoms with Crippen molar-refractivity contribution in [2.24, 2.45) is 5.73 Å². The molecule has 0 saturated carbocycles. The highest BCUT2D eigenvalue weighted by atomic mass is 16.5. The highest BCUT2D eigenvalue weighted by Crippen LogP contribution is 2.36. The number of nitrogens with two attached hydrogens (primary N) is 2. The van der Waals surface area contributed by atoms with Gasteiger partial charge in [0.25, 0.3) is 0 Å². The standard InChI is InChI=1S/C14H19N5O/c1-20-12-6-5-11(19-13(12)17-14(16)18-19)10-4-2-3-9(7-10)8-15/h2-4,7,11-12H,5-6,8,15H2,1H3,(H2,16,18). The molecule has 20 heavy (non-hydrogen) atoms. The van der Waals surface area contributed by atoms with Gasteiger partial charge in [-0.3, -0.25) is 0 Å². The maximum Gasteiger partial charge on any atom is 0.239 e. The lowest BCUT2D eigenvalue weighted by Gasteiger charge is -2.28. The van der Waals surface area contributed by atoms with E-state index in [1.807, 2.05) is 16.8 Å². The van der Waals surface area contributed by atoms with Crippen molar-refractivity contribution in [1.29, 1.82) is 0 Å². The Balaban J connectivity index is 2.02. The van der Waals surface area contributed by atoms with E-state index in [1.165, 1.54) is 5.56 Å². The zero-order valence-electron chi connectivity index (χ0n) is 11.5. The molecule has 0 bridgehead atoms. The van der Waals surface area contributed by atoms with Gasteiger partial charge in [0, 0.05) is 13.7 Å². The molecule has 6 heteroatoms. The van der Waals surface area contributed by atoms with Crippen molar-refractivity contribution in [3.8, 4) is 0 Å². The molecule has 4 N–H and O–H groups in total. The van der Waals surface area contributed by atoms with Gasteiger partial charge in [0.15, 0.2) is 5.82 Å². The van der Waals surface area contributed by atoms with E-state index in [4.69, 9.17) is 16.2 Å². The Labute approximate surface area is 117 Å². The van der Waals surface area contributed by atoms with Crippen molar-refractivity contribution in [1.82, 2.24) is 14.8 Å². The maximum absolute atomic E-state index is 5.75. The molecule has 1 aromatic carbocycles. The number of anilines is 1. The van der Waals surface area contributed by atoms with E-state index < -0.39 is 0 Å². The number of benzene rings is 1. The Morgan fingerprint density at radius 2 is 2.25 bits per heavy atom. The molecular formula is C14H19N5O. The lowest BCUT2D eigenvalue weighted by Crippen LogP contribution is -2.24. The molecule has 2 unspecified atom stereocenters. The predicted octanol–water partition coefficient (Wildman–Crippen LogP) is 1.39. The summed E-state index contributed by atoms with van der Waals surface area (Å²) in [5.74, 6) is 1.10. The predicted molar refractivity (Wildman–Crippen MR) is 75.9 cm³/mol. The van der Waals surface area contributed by atoms with Crippen LogP contribution in [0, 0.1) is 0 Å². The minimum Gasteiger partial charge on any atom is -0.373 e. The maximum atomic E-state index is 5.75. The summed E-state index contributed by atoms with van der Waals surface area (Å²) in [6.45, 7) is 0.535. The first kappa shape index (κ1) is 13.1. The van der Waals surface area contributed by atoms with E-state index in [0.29, 0.717) is 12.5 Å². The van der Waals surface area contributed by atoms with Gasteiger partial charge in [-0.05, 0) is 24.0 Å². The van der Waals surface area contributed by atoms with Crippen LogP contribution in [0.3, 0.4) is 0 Å². The highest BCUT2D eigenvalue weighted by molar-refractivity contribution is 5.28. The molecular weight excluding hydrogens is 254 g/mol. The molecule has 0 fully saturated rings. The lowest BCUT2D eigenvalue weighted by atomic mass is 9.95. The van der Waals surface area contributed by atoms with Gasteiger partial charge in [0.05, 0.1) is 6.04 Å². The lowest BCUT2D eigenvalue weighted by molar-refractivity contribution is 0.0649. The zero-order chi connectivity index (χ0) is 14.1. The summed E-state index contributed by atoms with van der Waals surface area (Å²) in [5.41, 5.74) is 13.8. The van der Waals surface area contributed by atoms with Crippen molar-refractivity contribution in [2.75, 3.05) is 12.8 Å². The van der Waals surface area contributed by atoms with Gasteiger partial charge in [-0.2, -0.15) is 4.98 Å². The van der Waals surface area contributed by atoms with Crippen LogP contribution in [0.2, 0.25) is 0 Å². The fourth-order valence-electron chi connectivity index (χ4n) is 2.82. The Morgan fingerprint density at radius 1 is 1.40 bits per heavy atom. The Hall–Kier alpha value is -1.92. The highest BCUT2D eigenvalue weighted by Gasteiger charge is 2.31. The summed E-state index contributed by atoms with van der Waals surface area (Å²) < 4.78 is 7.35. The molecule has 106 valence electrons. The monoisotopic (exact) mass is 273 g/mol. The minimum atomic E-state index is -0.0336. The molecule has 3 rings (SSSR count). The van der Waals surface area contributed by atoms with Crippen LogP contribution in [-0.4, -0.2) is 21.9 Å². The third kappa shape index (κ3) is 2.17. The average molecular weight is 273 g/mol. The summed E-state index contributed by atoms with van der Waals surface area (Å²) in [6.07, 6.45) is 1.82. The van der Waals surface area contributed by atoms with E-state index in [1.54, 1.807) is 7.11 Å². The molecule has 0 saturated heterocycles. The molecule has 1 aromatic heterocycles. The smallest absolute Gasteiger partial charge is 0.239 e. The number of rotatable bonds is 3. The third-order valence-corrected chi connectivity index (χ3v) is 3.82. The van der Waals surface area contributed by atoms with E-state index >= 15 is 0 Å². The van der Waals surface area contributed by atoms with E-state index in [0.717, 1.165) is 24.2 Å². The molecule has 2 aromatic rings. The van der Waals surface area contributed by atoms with Crippen molar-refractivity contribution in [2.45, 2.75) is 31.5 Å². The molecule has 0 radical (unpaired) electrons. The minimum absolute atomic E-state index is 0.0336. The van der Waals surface area contributed by atoms with Gasteiger partial charge in [0.2, 0.25) is 5.95 Å². The molecule has 0 spiro atoms. The number of nitrogen functional groups attached to an aromatic ring is 1. The van der Waals surface area contributed by atoms with Crippen LogP contribution in [0.15, 0.2) is 24.3 Å². The molecule has 1 aliphatic heterocycles. The van der Waals surface area contributed by atoms with Crippen LogP contribution >= 0.6 is 0 Å². The Kier molecular flexibility index (Phi) is 3.42. The normalized spacial score (nSPS) is 21.7. The fraction of sp³-hybridized carbons (Fsp3) is 0.429. The number of ether oxygens (including phenoxy) is 1. The first-order valence-electron chi connectivity index (χ1n) is 6.76. The zero-order valence-corrected chi connectivity index (χ0v) is 11.5.